The van der Waals surface area contributed by atoms with Gasteiger partial charge in [-0.05, 0) is 12.1 Å². The quantitative estimate of drug-likeness (QED) is 0.584. The lowest BCUT2D eigenvalue weighted by Crippen LogP contribution is -2.46. The Morgan fingerprint density at radius 3 is 2.47 bits per heavy atom. The van der Waals surface area contributed by atoms with E-state index >= 15 is 0 Å². The number of imide groups is 1. The first-order chi connectivity index (χ1) is 8.13. The summed E-state index contributed by atoms with van der Waals surface area (Å²) in [5.74, 6) is -0.268. The predicted octanol–water partition coefficient (Wildman–Crippen LogP) is 0.167. The van der Waals surface area contributed by atoms with Gasteiger partial charge in [0.05, 0.1) is 18.5 Å². The Balaban J connectivity index is 2.38. The Morgan fingerprint density at radius 2 is 1.94 bits per heavy atom. The first-order valence-electron chi connectivity index (χ1n) is 5.00. The van der Waals surface area contributed by atoms with Crippen LogP contribution < -0.4 is 15.4 Å². The van der Waals surface area contributed by atoms with E-state index in [1.807, 2.05) is 0 Å². The van der Waals surface area contributed by atoms with Crippen molar-refractivity contribution in [1.29, 1.82) is 0 Å². The third-order valence-electron chi connectivity index (χ3n) is 2.43. The standard InChI is InChI=1S/C11H12N2O4/c1-16-7-2-3-9(8(12)4-7)13-10(14)5-17-6-11(13)15/h2-4H,5-6,12H2,1H3. The molecule has 0 bridgehead atoms. The summed E-state index contributed by atoms with van der Waals surface area (Å²) in [4.78, 5) is 24.3. The van der Waals surface area contributed by atoms with E-state index in [0.717, 1.165) is 4.90 Å². The minimum absolute atomic E-state index is 0.114. The first-order valence-corrected chi connectivity index (χ1v) is 5.00. The fraction of sp³-hybridized carbons (Fsp3) is 0.273. The van der Waals surface area contributed by atoms with Crippen molar-refractivity contribution in [3.8, 4) is 5.75 Å². The highest BCUT2D eigenvalue weighted by atomic mass is 16.5. The Morgan fingerprint density at radius 1 is 1.29 bits per heavy atom. The molecule has 0 spiro atoms. The summed E-state index contributed by atoms with van der Waals surface area (Å²) in [6.07, 6.45) is 0. The molecule has 90 valence electrons. The highest BCUT2D eigenvalue weighted by Crippen LogP contribution is 2.28. The Bertz CT molecular complexity index is 457. The number of ether oxygens (including phenoxy) is 2. The van der Waals surface area contributed by atoms with Gasteiger partial charge < -0.3 is 15.2 Å². The average Bonchev–Trinajstić information content (AvgIpc) is 2.30. The van der Waals surface area contributed by atoms with Gasteiger partial charge >= 0.3 is 0 Å². The molecule has 2 N–H and O–H groups in total. The molecule has 1 aromatic rings. The van der Waals surface area contributed by atoms with Gasteiger partial charge in [0.15, 0.2) is 0 Å². The maximum atomic E-state index is 11.6. The zero-order chi connectivity index (χ0) is 12.4. The van der Waals surface area contributed by atoms with Crippen molar-refractivity contribution < 1.29 is 19.1 Å². The first kappa shape index (κ1) is 11.4. The Kier molecular flexibility index (Phi) is 2.97. The van der Waals surface area contributed by atoms with Crippen molar-refractivity contribution in [2.24, 2.45) is 0 Å². The summed E-state index contributed by atoms with van der Waals surface area (Å²) in [5.41, 5.74) is 6.46. The summed E-state index contributed by atoms with van der Waals surface area (Å²) in [6.45, 7) is -0.228. The molecular formula is C11H12N2O4. The van der Waals surface area contributed by atoms with Gasteiger partial charge in [0.1, 0.15) is 19.0 Å². The molecule has 1 aromatic carbocycles. The third-order valence-corrected chi connectivity index (χ3v) is 2.43. The van der Waals surface area contributed by atoms with Crippen LogP contribution >= 0.6 is 0 Å². The number of carbonyl (C=O) groups excluding carboxylic acids is 2. The molecular weight excluding hydrogens is 224 g/mol. The van der Waals surface area contributed by atoms with Crippen molar-refractivity contribution in [3.63, 3.8) is 0 Å². The minimum atomic E-state index is -0.418. The molecule has 2 rings (SSSR count). The molecule has 0 atom stereocenters. The molecule has 0 unspecified atom stereocenters. The van der Waals surface area contributed by atoms with E-state index in [-0.39, 0.29) is 13.2 Å². The summed E-state index contributed by atoms with van der Waals surface area (Å²) in [6, 6.07) is 4.78. The van der Waals surface area contributed by atoms with E-state index < -0.39 is 11.8 Å². The van der Waals surface area contributed by atoms with Gasteiger partial charge in [-0.25, -0.2) is 4.90 Å². The number of morpholine rings is 1. The number of nitrogens with two attached hydrogens (primary N) is 1. The van der Waals surface area contributed by atoms with Crippen molar-refractivity contribution in [2.75, 3.05) is 31.0 Å². The summed E-state index contributed by atoms with van der Waals surface area (Å²) in [5, 5.41) is 0. The Labute approximate surface area is 97.9 Å². The fourth-order valence-corrected chi connectivity index (χ4v) is 1.63. The zero-order valence-corrected chi connectivity index (χ0v) is 9.30. The summed E-state index contributed by atoms with van der Waals surface area (Å²) in [7, 11) is 1.51. The van der Waals surface area contributed by atoms with E-state index in [1.165, 1.54) is 7.11 Å². The van der Waals surface area contributed by atoms with Gasteiger partial charge in [-0.15, -0.1) is 0 Å². The molecule has 2 amide bonds. The molecule has 0 saturated carbocycles. The van der Waals surface area contributed by atoms with E-state index in [9.17, 15) is 9.59 Å². The van der Waals surface area contributed by atoms with Crippen LogP contribution in [0.25, 0.3) is 0 Å². The molecule has 0 aromatic heterocycles. The van der Waals surface area contributed by atoms with Gasteiger partial charge in [0, 0.05) is 6.07 Å². The maximum Gasteiger partial charge on any atom is 0.259 e. The highest BCUT2D eigenvalue weighted by molar-refractivity contribution is 6.18. The number of rotatable bonds is 2. The molecule has 0 aliphatic carbocycles. The largest absolute Gasteiger partial charge is 0.497 e. The maximum absolute atomic E-state index is 11.6. The third kappa shape index (κ3) is 2.07. The van der Waals surface area contributed by atoms with Crippen LogP contribution in [0.5, 0.6) is 5.75 Å². The minimum Gasteiger partial charge on any atom is -0.497 e. The molecule has 1 aliphatic rings. The molecule has 17 heavy (non-hydrogen) atoms. The molecule has 6 heteroatoms. The fourth-order valence-electron chi connectivity index (χ4n) is 1.63. The van der Waals surface area contributed by atoms with Gasteiger partial charge in [-0.1, -0.05) is 0 Å². The lowest BCUT2D eigenvalue weighted by Gasteiger charge is -2.26. The van der Waals surface area contributed by atoms with Gasteiger partial charge in [-0.3, -0.25) is 9.59 Å². The monoisotopic (exact) mass is 236 g/mol. The van der Waals surface area contributed by atoms with E-state index in [4.69, 9.17) is 15.2 Å². The van der Waals surface area contributed by atoms with Crippen LogP contribution in [-0.2, 0) is 14.3 Å². The normalized spacial score (nSPS) is 16.2. The SMILES string of the molecule is COc1ccc(N2C(=O)COCC2=O)c(N)c1. The van der Waals surface area contributed by atoms with Crippen molar-refractivity contribution in [3.05, 3.63) is 18.2 Å². The second kappa shape index (κ2) is 4.42. The van der Waals surface area contributed by atoms with Crippen LogP contribution in [0, 0.1) is 0 Å². The molecule has 1 heterocycles. The number of nitrogen functional groups attached to an aromatic ring is 1. The number of nitrogens with zero attached hydrogens (tertiary/aromatic N) is 1. The van der Waals surface area contributed by atoms with Gasteiger partial charge in [0.2, 0.25) is 0 Å². The molecule has 0 radical (unpaired) electrons. The topological polar surface area (TPSA) is 81.9 Å². The van der Waals surface area contributed by atoms with Crippen LogP contribution in [0.3, 0.4) is 0 Å². The molecule has 1 saturated heterocycles. The van der Waals surface area contributed by atoms with Crippen molar-refractivity contribution in [1.82, 2.24) is 0 Å². The molecule has 1 fully saturated rings. The highest BCUT2D eigenvalue weighted by Gasteiger charge is 2.29. The van der Waals surface area contributed by atoms with Crippen LogP contribution in [0.2, 0.25) is 0 Å². The van der Waals surface area contributed by atoms with Crippen LogP contribution in [0.15, 0.2) is 18.2 Å². The number of methoxy groups -OCH3 is 1. The van der Waals surface area contributed by atoms with Crippen molar-refractivity contribution >= 4 is 23.2 Å². The molecule has 6 nitrogen and oxygen atoms in total. The number of hydrogen-bond donors (Lipinski definition) is 1. The van der Waals surface area contributed by atoms with Crippen molar-refractivity contribution in [2.45, 2.75) is 0 Å². The summed E-state index contributed by atoms with van der Waals surface area (Å²) >= 11 is 0. The van der Waals surface area contributed by atoms with E-state index in [1.54, 1.807) is 18.2 Å². The Hall–Kier alpha value is -2.08. The number of anilines is 2. The van der Waals surface area contributed by atoms with Crippen LogP contribution in [0.4, 0.5) is 11.4 Å². The summed E-state index contributed by atoms with van der Waals surface area (Å²) < 4.78 is 9.82. The lowest BCUT2D eigenvalue weighted by molar-refractivity contribution is -0.138. The average molecular weight is 236 g/mol. The number of amides is 2. The number of benzene rings is 1. The molecule has 1 aliphatic heterocycles. The zero-order valence-electron chi connectivity index (χ0n) is 9.30. The second-order valence-electron chi connectivity index (χ2n) is 3.54. The van der Waals surface area contributed by atoms with Crippen LogP contribution in [-0.4, -0.2) is 32.1 Å². The van der Waals surface area contributed by atoms with Crippen LogP contribution in [0.1, 0.15) is 0 Å². The predicted molar refractivity (Wildman–Crippen MR) is 60.7 cm³/mol. The van der Waals surface area contributed by atoms with Gasteiger partial charge in [0.25, 0.3) is 11.8 Å². The number of carbonyl (C=O) groups is 2. The lowest BCUT2D eigenvalue weighted by atomic mass is 10.2. The van der Waals surface area contributed by atoms with Gasteiger partial charge in [-0.2, -0.15) is 0 Å². The number of hydrogen-bond acceptors (Lipinski definition) is 5. The van der Waals surface area contributed by atoms with E-state index in [0.29, 0.717) is 17.1 Å². The van der Waals surface area contributed by atoms with E-state index in [2.05, 4.69) is 0 Å². The smallest absolute Gasteiger partial charge is 0.259 e. The second-order valence-corrected chi connectivity index (χ2v) is 3.54.